The Bertz CT molecular complexity index is 1230. The molecule has 0 unspecified atom stereocenters. The number of carbonyl (C=O) groups is 3. The largest absolute Gasteiger partial charge is 0.573 e. The molecule has 39 heavy (non-hydrogen) atoms. The molecule has 3 rings (SSSR count). The summed E-state index contributed by atoms with van der Waals surface area (Å²) in [4.78, 5) is 38.7. The van der Waals surface area contributed by atoms with Crippen molar-refractivity contribution in [2.75, 3.05) is 17.7 Å². The maximum atomic E-state index is 14.1. The summed E-state index contributed by atoms with van der Waals surface area (Å²) in [6.45, 7) is 1.56. The number of methoxy groups -OCH3 is 1. The molecule has 3 amide bonds. The number of anilines is 2. The molecule has 0 spiro atoms. The molecular weight excluding hydrogens is 569 g/mol. The standard InChI is InChI=1S/C25H25Cl2F4N3O5/c1-24(22(36)38-2,13-6-4-3-5-7-13)34-21(35)16-9-8-14(28)10-19(16)32-23(37)33-20-17(26)11-15(12-18(20)27)39-25(29,30)31/h8-13H,3-7H2,1-2H3,(H,34,35)(H2,32,33,37)/t24-/m1/s1. The van der Waals surface area contributed by atoms with Gasteiger partial charge in [0.1, 0.15) is 17.1 Å². The minimum absolute atomic E-state index is 0.163. The topological polar surface area (TPSA) is 106 Å². The first-order valence-electron chi connectivity index (χ1n) is 11.8. The van der Waals surface area contributed by atoms with Gasteiger partial charge in [0.15, 0.2) is 0 Å². The highest BCUT2D eigenvalue weighted by atomic mass is 35.5. The van der Waals surface area contributed by atoms with E-state index in [-0.39, 0.29) is 32.9 Å². The lowest BCUT2D eigenvalue weighted by Gasteiger charge is -2.38. The second-order valence-corrected chi connectivity index (χ2v) is 9.88. The molecule has 0 aliphatic heterocycles. The number of ether oxygens (including phenoxy) is 2. The van der Waals surface area contributed by atoms with E-state index in [1.54, 1.807) is 6.92 Å². The molecule has 0 aromatic heterocycles. The van der Waals surface area contributed by atoms with Gasteiger partial charge in [-0.3, -0.25) is 4.79 Å². The fourth-order valence-electron chi connectivity index (χ4n) is 4.46. The summed E-state index contributed by atoms with van der Waals surface area (Å²) in [5.41, 5.74) is -2.06. The Hall–Kier alpha value is -3.25. The van der Waals surface area contributed by atoms with Gasteiger partial charge in [-0.15, -0.1) is 13.2 Å². The third-order valence-corrected chi connectivity index (χ3v) is 6.96. The quantitative estimate of drug-likeness (QED) is 0.239. The molecule has 2 aromatic carbocycles. The number of amides is 3. The molecule has 1 saturated carbocycles. The summed E-state index contributed by atoms with van der Waals surface area (Å²) in [6, 6.07) is 3.55. The second-order valence-electron chi connectivity index (χ2n) is 9.06. The fraction of sp³-hybridized carbons (Fsp3) is 0.400. The molecule has 1 aliphatic carbocycles. The molecule has 0 bridgehead atoms. The first-order chi connectivity index (χ1) is 18.2. The highest BCUT2D eigenvalue weighted by Crippen LogP contribution is 2.37. The zero-order valence-electron chi connectivity index (χ0n) is 20.8. The predicted octanol–water partition coefficient (Wildman–Crippen LogP) is 6.92. The highest BCUT2D eigenvalue weighted by Gasteiger charge is 2.44. The number of halogens is 6. The molecule has 0 heterocycles. The Morgan fingerprint density at radius 2 is 1.59 bits per heavy atom. The first kappa shape index (κ1) is 30.3. The van der Waals surface area contributed by atoms with Crippen LogP contribution in [0.3, 0.4) is 0 Å². The van der Waals surface area contributed by atoms with Crippen LogP contribution in [0, 0.1) is 11.7 Å². The second kappa shape index (κ2) is 12.3. The van der Waals surface area contributed by atoms with E-state index in [1.807, 2.05) is 0 Å². The van der Waals surface area contributed by atoms with Gasteiger partial charge in [-0.1, -0.05) is 42.5 Å². The van der Waals surface area contributed by atoms with Gasteiger partial charge < -0.3 is 25.4 Å². The van der Waals surface area contributed by atoms with Crippen LogP contribution in [0.15, 0.2) is 30.3 Å². The maximum Gasteiger partial charge on any atom is 0.573 e. The van der Waals surface area contributed by atoms with Gasteiger partial charge in [-0.2, -0.15) is 0 Å². The zero-order valence-corrected chi connectivity index (χ0v) is 22.3. The average Bonchev–Trinajstić information content (AvgIpc) is 2.85. The van der Waals surface area contributed by atoms with Crippen molar-refractivity contribution in [3.63, 3.8) is 0 Å². The van der Waals surface area contributed by atoms with Crippen LogP contribution in [-0.2, 0) is 9.53 Å². The van der Waals surface area contributed by atoms with Gasteiger partial charge in [-0.25, -0.2) is 14.0 Å². The number of nitrogens with one attached hydrogen (secondary N) is 3. The van der Waals surface area contributed by atoms with Gasteiger partial charge >= 0.3 is 18.4 Å². The monoisotopic (exact) mass is 593 g/mol. The molecule has 1 aliphatic rings. The average molecular weight is 594 g/mol. The van der Waals surface area contributed by atoms with Crippen LogP contribution in [-0.4, -0.2) is 36.9 Å². The highest BCUT2D eigenvalue weighted by molar-refractivity contribution is 6.40. The van der Waals surface area contributed by atoms with Crippen molar-refractivity contribution in [3.05, 3.63) is 51.8 Å². The number of esters is 1. The van der Waals surface area contributed by atoms with Crippen molar-refractivity contribution in [1.29, 1.82) is 0 Å². The molecule has 212 valence electrons. The van der Waals surface area contributed by atoms with Crippen molar-refractivity contribution in [2.45, 2.75) is 50.9 Å². The summed E-state index contributed by atoms with van der Waals surface area (Å²) in [6.07, 6.45) is -0.840. The van der Waals surface area contributed by atoms with Crippen LogP contribution in [0.4, 0.5) is 33.7 Å². The normalized spacial score (nSPS) is 15.6. The lowest BCUT2D eigenvalue weighted by Crippen LogP contribution is -2.58. The van der Waals surface area contributed by atoms with Gasteiger partial charge in [0, 0.05) is 12.1 Å². The van der Waals surface area contributed by atoms with Crippen LogP contribution in [0.2, 0.25) is 10.0 Å². The van der Waals surface area contributed by atoms with Gasteiger partial charge in [0.25, 0.3) is 5.91 Å². The van der Waals surface area contributed by atoms with Gasteiger partial charge in [-0.05, 0) is 43.9 Å². The van der Waals surface area contributed by atoms with Crippen molar-refractivity contribution in [3.8, 4) is 5.75 Å². The number of benzene rings is 2. The molecule has 0 radical (unpaired) electrons. The SMILES string of the molecule is COC(=O)[C@](C)(NC(=O)c1ccc(F)cc1NC(=O)Nc1c(Cl)cc(OC(F)(F)F)cc1Cl)C1CCCCC1. The number of hydrogen-bond acceptors (Lipinski definition) is 5. The molecule has 1 atom stereocenters. The number of urea groups is 1. The summed E-state index contributed by atoms with van der Waals surface area (Å²) in [5.74, 6) is -3.10. The van der Waals surface area contributed by atoms with Crippen LogP contribution in [0.1, 0.15) is 49.4 Å². The minimum Gasteiger partial charge on any atom is -0.467 e. The van der Waals surface area contributed by atoms with Crippen LogP contribution >= 0.6 is 23.2 Å². The third kappa shape index (κ3) is 7.66. The molecule has 8 nitrogen and oxygen atoms in total. The molecule has 0 saturated heterocycles. The smallest absolute Gasteiger partial charge is 0.467 e. The van der Waals surface area contributed by atoms with E-state index in [1.165, 1.54) is 7.11 Å². The minimum atomic E-state index is -4.99. The summed E-state index contributed by atoms with van der Waals surface area (Å²) in [5, 5.41) is 6.49. The Kier molecular flexibility index (Phi) is 9.55. The molecule has 14 heteroatoms. The van der Waals surface area contributed by atoms with Crippen molar-refractivity contribution < 1.29 is 41.4 Å². The van der Waals surface area contributed by atoms with Crippen LogP contribution in [0.5, 0.6) is 5.75 Å². The zero-order chi connectivity index (χ0) is 29.0. The van der Waals surface area contributed by atoms with Crippen LogP contribution in [0.25, 0.3) is 0 Å². The maximum absolute atomic E-state index is 14.1. The number of alkyl halides is 3. The van der Waals surface area contributed by atoms with E-state index < -0.39 is 41.4 Å². The number of rotatable bonds is 7. The van der Waals surface area contributed by atoms with E-state index in [9.17, 15) is 31.9 Å². The Morgan fingerprint density at radius 3 is 2.15 bits per heavy atom. The van der Waals surface area contributed by atoms with Gasteiger partial charge in [0.2, 0.25) is 0 Å². The molecular formula is C25H25Cl2F4N3O5. The predicted molar refractivity (Wildman–Crippen MR) is 137 cm³/mol. The van der Waals surface area contributed by atoms with E-state index in [0.717, 1.165) is 49.6 Å². The lowest BCUT2D eigenvalue weighted by atomic mass is 9.75. The summed E-state index contributed by atoms with van der Waals surface area (Å²) < 4.78 is 60.3. The molecule has 2 aromatic rings. The Labute approximate surface area is 231 Å². The summed E-state index contributed by atoms with van der Waals surface area (Å²) in [7, 11) is 1.21. The Morgan fingerprint density at radius 1 is 0.974 bits per heavy atom. The Balaban J connectivity index is 1.82. The van der Waals surface area contributed by atoms with Crippen LogP contribution < -0.4 is 20.7 Å². The molecule has 3 N–H and O–H groups in total. The van der Waals surface area contributed by atoms with E-state index in [2.05, 4.69) is 20.7 Å². The third-order valence-electron chi connectivity index (χ3n) is 6.37. The van der Waals surface area contributed by atoms with Crippen molar-refractivity contribution >= 4 is 52.5 Å². The van der Waals surface area contributed by atoms with E-state index in [0.29, 0.717) is 12.8 Å². The van der Waals surface area contributed by atoms with Crippen molar-refractivity contribution in [2.24, 2.45) is 5.92 Å². The number of hydrogen-bond donors (Lipinski definition) is 3. The fourth-order valence-corrected chi connectivity index (χ4v) is 5.02. The molecule has 1 fully saturated rings. The van der Waals surface area contributed by atoms with E-state index >= 15 is 0 Å². The first-order valence-corrected chi connectivity index (χ1v) is 12.5. The van der Waals surface area contributed by atoms with Gasteiger partial charge in [0.05, 0.1) is 34.1 Å². The lowest BCUT2D eigenvalue weighted by molar-refractivity contribution is -0.274. The number of carbonyl (C=O) groups excluding carboxylic acids is 3. The van der Waals surface area contributed by atoms with E-state index in [4.69, 9.17) is 27.9 Å². The van der Waals surface area contributed by atoms with Crippen molar-refractivity contribution in [1.82, 2.24) is 5.32 Å². The summed E-state index contributed by atoms with van der Waals surface area (Å²) >= 11 is 11.9.